The van der Waals surface area contributed by atoms with Gasteiger partial charge in [0.2, 0.25) is 0 Å². The Morgan fingerprint density at radius 2 is 1.82 bits per heavy atom. The summed E-state index contributed by atoms with van der Waals surface area (Å²) in [7, 11) is 0. The molecule has 0 radical (unpaired) electrons. The second-order valence-corrected chi connectivity index (χ2v) is 4.75. The van der Waals surface area contributed by atoms with E-state index in [1.165, 1.54) is 16.7 Å². The molecule has 0 fully saturated rings. The highest BCUT2D eigenvalue weighted by Gasteiger charge is 2.07. The number of rotatable bonds is 6. The zero-order valence-electron chi connectivity index (χ0n) is 11.8. The Balaban J connectivity index is 2.55. The van der Waals surface area contributed by atoms with E-state index in [9.17, 15) is 0 Å². The van der Waals surface area contributed by atoms with Crippen molar-refractivity contribution in [2.24, 2.45) is 0 Å². The minimum Gasteiger partial charge on any atom is -0.493 e. The van der Waals surface area contributed by atoms with Crippen LogP contribution in [0.5, 0.6) is 5.75 Å². The molecule has 0 saturated carbocycles. The zero-order chi connectivity index (χ0) is 12.8. The molecule has 0 aliphatic carbocycles. The fourth-order valence-corrected chi connectivity index (χ4v) is 1.94. The van der Waals surface area contributed by atoms with E-state index >= 15 is 0 Å². The predicted molar refractivity (Wildman–Crippen MR) is 73.9 cm³/mol. The molecule has 96 valence electrons. The monoisotopic (exact) mass is 235 g/mol. The first-order valence-electron chi connectivity index (χ1n) is 6.49. The van der Waals surface area contributed by atoms with Crippen molar-refractivity contribution in [2.45, 2.75) is 47.1 Å². The average Bonchev–Trinajstić information content (AvgIpc) is 2.29. The van der Waals surface area contributed by atoms with Crippen molar-refractivity contribution in [3.8, 4) is 5.75 Å². The standard InChI is InChI=1S/C15H25NO/c1-6-16-13(4)9-10-17-15-12(3)8-7-11(2)14(15)5/h7-8,13,16H,6,9-10H2,1-5H3. The Bertz CT molecular complexity index is 360. The number of hydrogen-bond donors (Lipinski definition) is 1. The summed E-state index contributed by atoms with van der Waals surface area (Å²) in [6.07, 6.45) is 1.04. The largest absolute Gasteiger partial charge is 0.493 e. The van der Waals surface area contributed by atoms with E-state index in [0.717, 1.165) is 25.3 Å². The van der Waals surface area contributed by atoms with Crippen LogP contribution in [0.4, 0.5) is 0 Å². The molecule has 0 saturated heterocycles. The van der Waals surface area contributed by atoms with Crippen molar-refractivity contribution < 1.29 is 4.74 Å². The van der Waals surface area contributed by atoms with Crippen molar-refractivity contribution in [3.05, 3.63) is 28.8 Å². The van der Waals surface area contributed by atoms with Gasteiger partial charge in [0.25, 0.3) is 0 Å². The molecule has 0 bridgehead atoms. The molecule has 17 heavy (non-hydrogen) atoms. The lowest BCUT2D eigenvalue weighted by molar-refractivity contribution is 0.287. The van der Waals surface area contributed by atoms with Gasteiger partial charge in [0.1, 0.15) is 5.75 Å². The maximum Gasteiger partial charge on any atom is 0.125 e. The summed E-state index contributed by atoms with van der Waals surface area (Å²) < 4.78 is 5.93. The maximum atomic E-state index is 5.93. The van der Waals surface area contributed by atoms with Crippen LogP contribution in [0.2, 0.25) is 0 Å². The number of ether oxygens (including phenoxy) is 1. The first-order valence-corrected chi connectivity index (χ1v) is 6.49. The summed E-state index contributed by atoms with van der Waals surface area (Å²) in [6.45, 7) is 12.5. The third-order valence-electron chi connectivity index (χ3n) is 3.22. The maximum absolute atomic E-state index is 5.93. The predicted octanol–water partition coefficient (Wildman–Crippen LogP) is 3.38. The molecule has 0 amide bonds. The molecule has 1 N–H and O–H groups in total. The van der Waals surface area contributed by atoms with Gasteiger partial charge in [0, 0.05) is 6.04 Å². The second kappa shape index (κ2) is 6.65. The molecule has 0 aliphatic heterocycles. The Hall–Kier alpha value is -1.02. The number of benzene rings is 1. The number of aryl methyl sites for hydroxylation is 2. The molecule has 1 atom stereocenters. The first-order chi connectivity index (χ1) is 8.06. The summed E-state index contributed by atoms with van der Waals surface area (Å²) in [5, 5.41) is 3.39. The van der Waals surface area contributed by atoms with Crippen molar-refractivity contribution in [1.82, 2.24) is 5.32 Å². The normalized spacial score (nSPS) is 12.5. The van der Waals surface area contributed by atoms with Crippen LogP contribution in [0.1, 0.15) is 37.0 Å². The molecule has 1 rings (SSSR count). The van der Waals surface area contributed by atoms with Gasteiger partial charge >= 0.3 is 0 Å². The van der Waals surface area contributed by atoms with E-state index in [0.29, 0.717) is 6.04 Å². The molecule has 2 heteroatoms. The van der Waals surface area contributed by atoms with Gasteiger partial charge in [0.15, 0.2) is 0 Å². The van der Waals surface area contributed by atoms with Gasteiger partial charge in [0.05, 0.1) is 6.61 Å². The summed E-state index contributed by atoms with van der Waals surface area (Å²) in [4.78, 5) is 0. The SMILES string of the molecule is CCNC(C)CCOc1c(C)ccc(C)c1C. The Morgan fingerprint density at radius 1 is 1.18 bits per heavy atom. The van der Waals surface area contributed by atoms with Gasteiger partial charge < -0.3 is 10.1 Å². The molecule has 0 aromatic heterocycles. The second-order valence-electron chi connectivity index (χ2n) is 4.75. The molecule has 0 aliphatic rings. The Labute approximate surface area is 105 Å². The third-order valence-corrected chi connectivity index (χ3v) is 3.22. The molecule has 1 unspecified atom stereocenters. The minimum atomic E-state index is 0.519. The van der Waals surface area contributed by atoms with E-state index in [-0.39, 0.29) is 0 Å². The quantitative estimate of drug-likeness (QED) is 0.816. The summed E-state index contributed by atoms with van der Waals surface area (Å²) in [6, 6.07) is 4.80. The highest BCUT2D eigenvalue weighted by Crippen LogP contribution is 2.25. The van der Waals surface area contributed by atoms with E-state index in [2.05, 4.69) is 52.1 Å². The topological polar surface area (TPSA) is 21.3 Å². The molecule has 0 spiro atoms. The zero-order valence-corrected chi connectivity index (χ0v) is 11.8. The average molecular weight is 235 g/mol. The van der Waals surface area contributed by atoms with E-state index in [4.69, 9.17) is 4.74 Å². The van der Waals surface area contributed by atoms with Crippen molar-refractivity contribution in [3.63, 3.8) is 0 Å². The highest BCUT2D eigenvalue weighted by atomic mass is 16.5. The van der Waals surface area contributed by atoms with E-state index < -0.39 is 0 Å². The fourth-order valence-electron chi connectivity index (χ4n) is 1.94. The van der Waals surface area contributed by atoms with Crippen molar-refractivity contribution >= 4 is 0 Å². The van der Waals surface area contributed by atoms with E-state index in [1.807, 2.05) is 0 Å². The van der Waals surface area contributed by atoms with Gasteiger partial charge in [-0.1, -0.05) is 19.1 Å². The molecule has 2 nitrogen and oxygen atoms in total. The number of hydrogen-bond acceptors (Lipinski definition) is 2. The van der Waals surface area contributed by atoms with Gasteiger partial charge in [-0.15, -0.1) is 0 Å². The lowest BCUT2D eigenvalue weighted by Gasteiger charge is -2.16. The van der Waals surface area contributed by atoms with Crippen LogP contribution in [0, 0.1) is 20.8 Å². The molecular weight excluding hydrogens is 210 g/mol. The minimum absolute atomic E-state index is 0.519. The first kappa shape index (κ1) is 14.0. The van der Waals surface area contributed by atoms with Crippen LogP contribution in [-0.2, 0) is 0 Å². The smallest absolute Gasteiger partial charge is 0.125 e. The van der Waals surface area contributed by atoms with Crippen LogP contribution in [-0.4, -0.2) is 19.2 Å². The van der Waals surface area contributed by atoms with Crippen LogP contribution in [0.15, 0.2) is 12.1 Å². The van der Waals surface area contributed by atoms with Gasteiger partial charge in [-0.3, -0.25) is 0 Å². The molecular formula is C15H25NO. The van der Waals surface area contributed by atoms with Gasteiger partial charge in [-0.25, -0.2) is 0 Å². The Morgan fingerprint density at radius 3 is 2.47 bits per heavy atom. The van der Waals surface area contributed by atoms with Crippen LogP contribution < -0.4 is 10.1 Å². The lowest BCUT2D eigenvalue weighted by atomic mass is 10.1. The van der Waals surface area contributed by atoms with Crippen molar-refractivity contribution in [1.29, 1.82) is 0 Å². The van der Waals surface area contributed by atoms with Crippen LogP contribution in [0.25, 0.3) is 0 Å². The van der Waals surface area contributed by atoms with Crippen molar-refractivity contribution in [2.75, 3.05) is 13.2 Å². The third kappa shape index (κ3) is 4.04. The fraction of sp³-hybridized carbons (Fsp3) is 0.600. The lowest BCUT2D eigenvalue weighted by Crippen LogP contribution is -2.27. The highest BCUT2D eigenvalue weighted by molar-refractivity contribution is 5.44. The summed E-state index contributed by atoms with van der Waals surface area (Å²) in [5.74, 6) is 1.06. The molecule has 1 aromatic rings. The molecule has 0 heterocycles. The number of nitrogens with one attached hydrogen (secondary N) is 1. The van der Waals surface area contributed by atoms with Crippen LogP contribution in [0.3, 0.4) is 0 Å². The summed E-state index contributed by atoms with van der Waals surface area (Å²) in [5.41, 5.74) is 3.79. The summed E-state index contributed by atoms with van der Waals surface area (Å²) >= 11 is 0. The van der Waals surface area contributed by atoms with Gasteiger partial charge in [-0.2, -0.15) is 0 Å². The van der Waals surface area contributed by atoms with Gasteiger partial charge in [-0.05, 0) is 57.4 Å². The molecule has 1 aromatic carbocycles. The van der Waals surface area contributed by atoms with E-state index in [1.54, 1.807) is 0 Å². The van der Waals surface area contributed by atoms with Crippen LogP contribution >= 0.6 is 0 Å². The Kier molecular flexibility index (Phi) is 5.49.